The van der Waals surface area contributed by atoms with Crippen LogP contribution in [0.4, 0.5) is 34.1 Å². The lowest BCUT2D eigenvalue weighted by Gasteiger charge is -2.33. The highest BCUT2D eigenvalue weighted by molar-refractivity contribution is 5.86. The molecule has 330 valence electrons. The molecule has 0 aromatic heterocycles. The van der Waals surface area contributed by atoms with Crippen molar-refractivity contribution in [3.05, 3.63) is 301 Å². The van der Waals surface area contributed by atoms with Gasteiger partial charge >= 0.3 is 0 Å². The van der Waals surface area contributed by atoms with E-state index in [4.69, 9.17) is 0 Å². The van der Waals surface area contributed by atoms with E-state index in [-0.39, 0.29) is 5.41 Å². The van der Waals surface area contributed by atoms with Gasteiger partial charge in [0.25, 0.3) is 0 Å². The van der Waals surface area contributed by atoms with Crippen LogP contribution in [-0.4, -0.2) is 0 Å². The summed E-state index contributed by atoms with van der Waals surface area (Å²) in [6.07, 6.45) is 5.58. The van der Waals surface area contributed by atoms with E-state index < -0.39 is 0 Å². The zero-order valence-corrected chi connectivity index (χ0v) is 38.6. The molecule has 0 N–H and O–H groups in total. The van der Waals surface area contributed by atoms with Crippen LogP contribution in [0.15, 0.2) is 268 Å². The standard InChI is InChI=1S/C67H52N2/c1-3-49-24-28-51(29-25-49)47-67(48-52-30-26-50(4-2)27-31-52)65-23-15-14-22-63(65)64-45-38-56(46-66(64)67)55-36-43-62(44-37-55)69(59-20-12-7-13-21-59)61-41-34-54(35-42-61)53-32-39-60(40-33-53)68(57-16-8-5-9-17-57)58-18-10-6-11-19-58/h3-46H,1-2,47-48H2. The van der Waals surface area contributed by atoms with Crippen molar-refractivity contribution >= 4 is 46.3 Å². The molecule has 0 bridgehead atoms. The Hall–Kier alpha value is -8.72. The molecular weight excluding hydrogens is 833 g/mol. The summed E-state index contributed by atoms with van der Waals surface area (Å²) in [5.74, 6) is 0. The third-order valence-corrected chi connectivity index (χ3v) is 13.8. The van der Waals surface area contributed by atoms with E-state index in [1.807, 2.05) is 12.2 Å². The summed E-state index contributed by atoms with van der Waals surface area (Å²) in [7, 11) is 0. The highest BCUT2D eigenvalue weighted by atomic mass is 15.1. The molecule has 69 heavy (non-hydrogen) atoms. The Kier molecular flexibility index (Phi) is 11.7. The molecule has 0 fully saturated rings. The Labute approximate surface area is 407 Å². The summed E-state index contributed by atoms with van der Waals surface area (Å²) in [5.41, 5.74) is 21.3. The van der Waals surface area contributed by atoms with Gasteiger partial charge in [0, 0.05) is 39.5 Å². The fraction of sp³-hybridized carbons (Fsp3) is 0.0448. The Morgan fingerprint density at radius 1 is 0.304 bits per heavy atom. The zero-order chi connectivity index (χ0) is 46.6. The highest BCUT2D eigenvalue weighted by Gasteiger charge is 2.43. The molecule has 0 atom stereocenters. The third-order valence-electron chi connectivity index (χ3n) is 13.8. The number of para-hydroxylation sites is 3. The fourth-order valence-electron chi connectivity index (χ4n) is 10.4. The summed E-state index contributed by atoms with van der Waals surface area (Å²) in [5, 5.41) is 0. The van der Waals surface area contributed by atoms with E-state index in [1.54, 1.807) is 0 Å². The molecule has 0 radical (unpaired) electrons. The molecule has 0 unspecified atom stereocenters. The monoisotopic (exact) mass is 884 g/mol. The van der Waals surface area contributed by atoms with Gasteiger partial charge in [-0.3, -0.25) is 0 Å². The van der Waals surface area contributed by atoms with Gasteiger partial charge in [-0.25, -0.2) is 0 Å². The average molecular weight is 885 g/mol. The lowest BCUT2D eigenvalue weighted by atomic mass is 9.69. The van der Waals surface area contributed by atoms with Crippen LogP contribution in [0.2, 0.25) is 0 Å². The van der Waals surface area contributed by atoms with E-state index in [0.29, 0.717) is 0 Å². The summed E-state index contributed by atoms with van der Waals surface area (Å²) in [6, 6.07) is 92.7. The maximum Gasteiger partial charge on any atom is 0.0462 e. The molecule has 2 nitrogen and oxygen atoms in total. The van der Waals surface area contributed by atoms with Crippen molar-refractivity contribution in [3.8, 4) is 33.4 Å². The minimum Gasteiger partial charge on any atom is -0.311 e. The number of anilines is 6. The third kappa shape index (κ3) is 8.50. The predicted molar refractivity (Wildman–Crippen MR) is 293 cm³/mol. The maximum atomic E-state index is 4.01. The second kappa shape index (κ2) is 18.9. The van der Waals surface area contributed by atoms with Crippen LogP contribution in [0.3, 0.4) is 0 Å². The van der Waals surface area contributed by atoms with Crippen molar-refractivity contribution in [2.24, 2.45) is 0 Å². The van der Waals surface area contributed by atoms with Crippen molar-refractivity contribution in [1.82, 2.24) is 0 Å². The van der Waals surface area contributed by atoms with Gasteiger partial charge in [-0.05, 0) is 158 Å². The quantitative estimate of drug-likeness (QED) is 0.107. The van der Waals surface area contributed by atoms with Crippen LogP contribution in [0, 0.1) is 0 Å². The largest absolute Gasteiger partial charge is 0.311 e. The second-order valence-corrected chi connectivity index (χ2v) is 18.0. The molecule has 10 aromatic carbocycles. The van der Waals surface area contributed by atoms with E-state index in [1.165, 1.54) is 50.1 Å². The van der Waals surface area contributed by atoms with Gasteiger partial charge < -0.3 is 9.80 Å². The maximum absolute atomic E-state index is 4.01. The molecule has 0 aliphatic heterocycles. The second-order valence-electron chi connectivity index (χ2n) is 18.0. The van der Waals surface area contributed by atoms with Crippen molar-refractivity contribution in [2.45, 2.75) is 18.3 Å². The summed E-state index contributed by atoms with van der Waals surface area (Å²) in [6.45, 7) is 8.03. The molecular formula is C67H52N2. The smallest absolute Gasteiger partial charge is 0.0462 e. The van der Waals surface area contributed by atoms with Gasteiger partial charge in [-0.1, -0.05) is 201 Å². The van der Waals surface area contributed by atoms with Gasteiger partial charge in [-0.2, -0.15) is 0 Å². The fourth-order valence-corrected chi connectivity index (χ4v) is 10.4. The Morgan fingerprint density at radius 3 is 1.04 bits per heavy atom. The van der Waals surface area contributed by atoms with Crippen LogP contribution in [0.25, 0.3) is 45.5 Å². The van der Waals surface area contributed by atoms with Gasteiger partial charge in [0.15, 0.2) is 0 Å². The Bertz CT molecular complexity index is 3260. The molecule has 0 saturated heterocycles. The van der Waals surface area contributed by atoms with Crippen molar-refractivity contribution in [2.75, 3.05) is 9.80 Å². The molecule has 1 aliphatic carbocycles. The number of fused-ring (bicyclic) bond motifs is 3. The minimum atomic E-state index is -0.281. The van der Waals surface area contributed by atoms with Crippen molar-refractivity contribution in [3.63, 3.8) is 0 Å². The predicted octanol–water partition coefficient (Wildman–Crippen LogP) is 18.0. The summed E-state index contributed by atoms with van der Waals surface area (Å²) >= 11 is 0. The Balaban J connectivity index is 0.918. The van der Waals surface area contributed by atoms with Crippen LogP contribution >= 0.6 is 0 Å². The van der Waals surface area contributed by atoms with Crippen LogP contribution in [0.5, 0.6) is 0 Å². The van der Waals surface area contributed by atoms with Crippen LogP contribution in [-0.2, 0) is 18.3 Å². The van der Waals surface area contributed by atoms with E-state index in [0.717, 1.165) is 63.7 Å². The van der Waals surface area contributed by atoms with Gasteiger partial charge in [0.2, 0.25) is 0 Å². The zero-order valence-electron chi connectivity index (χ0n) is 38.6. The first-order valence-electron chi connectivity index (χ1n) is 23.8. The number of hydrogen-bond donors (Lipinski definition) is 0. The van der Waals surface area contributed by atoms with Gasteiger partial charge in [0.1, 0.15) is 0 Å². The van der Waals surface area contributed by atoms with Crippen molar-refractivity contribution in [1.29, 1.82) is 0 Å². The van der Waals surface area contributed by atoms with Crippen LogP contribution in [0.1, 0.15) is 33.4 Å². The molecule has 2 heteroatoms. The van der Waals surface area contributed by atoms with E-state index in [9.17, 15) is 0 Å². The molecule has 0 amide bonds. The first kappa shape index (κ1) is 42.9. The summed E-state index contributed by atoms with van der Waals surface area (Å²) in [4.78, 5) is 4.64. The molecule has 0 spiro atoms. The summed E-state index contributed by atoms with van der Waals surface area (Å²) < 4.78 is 0. The first-order chi connectivity index (χ1) is 34.1. The lowest BCUT2D eigenvalue weighted by Crippen LogP contribution is -2.31. The number of rotatable bonds is 14. The number of benzene rings is 10. The van der Waals surface area contributed by atoms with E-state index >= 15 is 0 Å². The Morgan fingerprint density at radius 2 is 0.638 bits per heavy atom. The molecule has 0 heterocycles. The van der Waals surface area contributed by atoms with Crippen LogP contribution < -0.4 is 9.80 Å². The lowest BCUT2D eigenvalue weighted by molar-refractivity contribution is 0.520. The molecule has 10 aromatic rings. The molecule has 1 aliphatic rings. The highest BCUT2D eigenvalue weighted by Crippen LogP contribution is 2.53. The molecule has 0 saturated carbocycles. The normalized spacial score (nSPS) is 12.1. The first-order valence-corrected chi connectivity index (χ1v) is 23.8. The number of hydrogen-bond acceptors (Lipinski definition) is 2. The van der Waals surface area contributed by atoms with Gasteiger partial charge in [-0.15, -0.1) is 0 Å². The van der Waals surface area contributed by atoms with Crippen molar-refractivity contribution < 1.29 is 0 Å². The number of nitrogens with zero attached hydrogens (tertiary/aromatic N) is 2. The van der Waals surface area contributed by atoms with Gasteiger partial charge in [0.05, 0.1) is 0 Å². The topological polar surface area (TPSA) is 6.48 Å². The molecule has 11 rings (SSSR count). The SMILES string of the molecule is C=Cc1ccc(CC2(Cc3ccc(C=C)cc3)c3ccccc3-c3ccc(-c4ccc(N(c5ccccc5)c5ccc(-c6ccc(N(c7ccccc7)c7ccccc7)cc6)cc5)cc4)cc32)cc1. The minimum absolute atomic E-state index is 0.281. The van der Waals surface area contributed by atoms with E-state index in [2.05, 4.69) is 278 Å². The average Bonchev–Trinajstić information content (AvgIpc) is 3.68.